The van der Waals surface area contributed by atoms with E-state index in [1.807, 2.05) is 12.1 Å². The van der Waals surface area contributed by atoms with Crippen LogP contribution in [0.2, 0.25) is 0 Å². The van der Waals surface area contributed by atoms with Gasteiger partial charge in [0, 0.05) is 31.1 Å². The van der Waals surface area contributed by atoms with Crippen LogP contribution in [0.25, 0.3) is 0 Å². The fourth-order valence-corrected chi connectivity index (χ4v) is 3.09. The lowest BCUT2D eigenvalue weighted by Gasteiger charge is -2.11. The Bertz CT molecular complexity index is 695. The van der Waals surface area contributed by atoms with Crippen molar-refractivity contribution in [2.45, 2.75) is 18.0 Å². The number of para-hydroxylation sites is 1. The molecule has 0 saturated heterocycles. The first-order valence-corrected chi connectivity index (χ1v) is 7.96. The first-order valence-electron chi connectivity index (χ1n) is 6.48. The fraction of sp³-hybridized carbons (Fsp3) is 0.286. The molecule has 1 heterocycles. The highest BCUT2D eigenvalue weighted by atomic mass is 32.2. The molecule has 0 aliphatic carbocycles. The number of hydrogen-bond acceptors (Lipinski definition) is 4. The predicted molar refractivity (Wildman–Crippen MR) is 81.5 cm³/mol. The summed E-state index contributed by atoms with van der Waals surface area (Å²) in [5.74, 6) is 0. The van der Waals surface area contributed by atoms with E-state index >= 15 is 0 Å². The van der Waals surface area contributed by atoms with Gasteiger partial charge >= 0.3 is 0 Å². The number of aromatic nitrogens is 1. The van der Waals surface area contributed by atoms with E-state index in [1.54, 1.807) is 32.4 Å². The molecule has 0 radical (unpaired) electrons. The van der Waals surface area contributed by atoms with Crippen LogP contribution in [0, 0.1) is 0 Å². The summed E-state index contributed by atoms with van der Waals surface area (Å²) < 4.78 is 32.4. The van der Waals surface area contributed by atoms with E-state index < -0.39 is 10.0 Å². The van der Waals surface area contributed by atoms with Crippen LogP contribution in [0.15, 0.2) is 41.4 Å². The molecule has 0 aliphatic heterocycles. The zero-order chi connectivity index (χ0) is 15.3. The molecule has 6 nitrogen and oxygen atoms in total. The Morgan fingerprint density at radius 2 is 2.05 bits per heavy atom. The summed E-state index contributed by atoms with van der Waals surface area (Å²) in [4.78, 5) is 3.14. The van der Waals surface area contributed by atoms with E-state index in [0.717, 1.165) is 11.3 Å². The van der Waals surface area contributed by atoms with E-state index in [2.05, 4.69) is 15.0 Å². The van der Waals surface area contributed by atoms with Gasteiger partial charge in [-0.1, -0.05) is 18.2 Å². The van der Waals surface area contributed by atoms with Crippen molar-refractivity contribution in [3.63, 3.8) is 0 Å². The molecule has 0 spiro atoms. The summed E-state index contributed by atoms with van der Waals surface area (Å²) in [5, 5.41) is 2.96. The zero-order valence-electron chi connectivity index (χ0n) is 12.0. The molecule has 0 unspecified atom stereocenters. The van der Waals surface area contributed by atoms with Crippen LogP contribution in [0.5, 0.6) is 0 Å². The third-order valence-corrected chi connectivity index (χ3v) is 4.30. The van der Waals surface area contributed by atoms with E-state index in [-0.39, 0.29) is 4.90 Å². The van der Waals surface area contributed by atoms with Gasteiger partial charge in [-0.05, 0) is 19.2 Å². The Labute approximate surface area is 124 Å². The van der Waals surface area contributed by atoms with Gasteiger partial charge in [0.05, 0.1) is 12.3 Å². The molecular weight excluding hydrogens is 290 g/mol. The van der Waals surface area contributed by atoms with Gasteiger partial charge < -0.3 is 15.0 Å². The molecule has 0 aliphatic rings. The number of nitrogens with one attached hydrogen (secondary N) is 3. The Balaban J connectivity index is 2.24. The number of anilines is 1. The summed E-state index contributed by atoms with van der Waals surface area (Å²) in [6.07, 6.45) is 1.48. The van der Waals surface area contributed by atoms with Crippen LogP contribution in [0.1, 0.15) is 11.3 Å². The number of ether oxygens (including phenoxy) is 1. The zero-order valence-corrected chi connectivity index (χ0v) is 12.8. The molecular formula is C14H19N3O3S. The number of H-pyrrole nitrogens is 1. The lowest BCUT2D eigenvalue weighted by Crippen LogP contribution is -2.13. The molecule has 0 atom stereocenters. The van der Waals surface area contributed by atoms with Gasteiger partial charge in [0.1, 0.15) is 4.90 Å². The molecule has 0 fully saturated rings. The largest absolute Gasteiger partial charge is 0.380 e. The highest BCUT2D eigenvalue weighted by Crippen LogP contribution is 2.21. The molecule has 2 rings (SSSR count). The van der Waals surface area contributed by atoms with E-state index in [0.29, 0.717) is 18.8 Å². The second kappa shape index (κ2) is 6.75. The van der Waals surface area contributed by atoms with Crippen molar-refractivity contribution in [3.05, 3.63) is 47.8 Å². The van der Waals surface area contributed by atoms with Crippen molar-refractivity contribution >= 4 is 15.7 Å². The second-order valence-electron chi connectivity index (χ2n) is 4.59. The van der Waals surface area contributed by atoms with Crippen molar-refractivity contribution in [1.82, 2.24) is 10.3 Å². The van der Waals surface area contributed by atoms with Crippen LogP contribution in [0.4, 0.5) is 5.69 Å². The number of sulfonamides is 1. The number of hydrogen-bond donors (Lipinski definition) is 3. The quantitative estimate of drug-likeness (QED) is 0.726. The van der Waals surface area contributed by atoms with E-state index in [9.17, 15) is 8.42 Å². The maximum absolute atomic E-state index is 12.4. The average Bonchev–Trinajstić information content (AvgIpc) is 2.91. The molecule has 7 heteroatoms. The van der Waals surface area contributed by atoms with Crippen molar-refractivity contribution in [2.24, 2.45) is 0 Å². The van der Waals surface area contributed by atoms with Crippen molar-refractivity contribution in [2.75, 3.05) is 18.9 Å². The summed E-state index contributed by atoms with van der Waals surface area (Å²) in [6, 6.07) is 8.77. The molecule has 21 heavy (non-hydrogen) atoms. The minimum atomic E-state index is -3.62. The minimum Gasteiger partial charge on any atom is -0.380 e. The first-order chi connectivity index (χ1) is 10.1. The Kier molecular flexibility index (Phi) is 5.00. The topological polar surface area (TPSA) is 83.2 Å². The normalized spacial score (nSPS) is 11.5. The Hall–Kier alpha value is -1.83. The molecule has 2 aromatic rings. The summed E-state index contributed by atoms with van der Waals surface area (Å²) in [7, 11) is -0.245. The molecule has 1 aromatic heterocycles. The van der Waals surface area contributed by atoms with Crippen molar-refractivity contribution in [3.8, 4) is 0 Å². The van der Waals surface area contributed by atoms with Crippen LogP contribution < -0.4 is 10.0 Å². The molecule has 3 N–H and O–H groups in total. The summed E-state index contributed by atoms with van der Waals surface area (Å²) in [6.45, 7) is 0.923. The lowest BCUT2D eigenvalue weighted by molar-refractivity contribution is 0.185. The fourth-order valence-electron chi connectivity index (χ4n) is 1.97. The third kappa shape index (κ3) is 3.84. The van der Waals surface area contributed by atoms with E-state index in [4.69, 9.17) is 4.74 Å². The van der Waals surface area contributed by atoms with Crippen LogP contribution >= 0.6 is 0 Å². The van der Waals surface area contributed by atoms with Gasteiger partial charge in [-0.25, -0.2) is 8.42 Å². The Morgan fingerprint density at radius 1 is 1.29 bits per heavy atom. The van der Waals surface area contributed by atoms with Crippen LogP contribution in [0.3, 0.4) is 0 Å². The lowest BCUT2D eigenvalue weighted by atomic mass is 10.2. The summed E-state index contributed by atoms with van der Waals surface area (Å²) >= 11 is 0. The number of rotatable bonds is 7. The third-order valence-electron chi connectivity index (χ3n) is 2.96. The van der Waals surface area contributed by atoms with Gasteiger partial charge in [-0.3, -0.25) is 4.72 Å². The molecule has 0 bridgehead atoms. The van der Waals surface area contributed by atoms with Gasteiger partial charge in [-0.15, -0.1) is 0 Å². The maximum atomic E-state index is 12.4. The van der Waals surface area contributed by atoms with Gasteiger partial charge in [0.25, 0.3) is 10.0 Å². The number of benzene rings is 1. The Morgan fingerprint density at radius 3 is 2.76 bits per heavy atom. The maximum Gasteiger partial charge on any atom is 0.263 e. The smallest absolute Gasteiger partial charge is 0.263 e. The molecule has 114 valence electrons. The van der Waals surface area contributed by atoms with E-state index in [1.165, 1.54) is 6.20 Å². The molecule has 0 saturated carbocycles. The van der Waals surface area contributed by atoms with Gasteiger partial charge in [0.15, 0.2) is 0 Å². The van der Waals surface area contributed by atoms with Gasteiger partial charge in [0.2, 0.25) is 0 Å². The molecule has 0 amide bonds. The summed E-state index contributed by atoms with van der Waals surface area (Å²) in [5.41, 5.74) is 2.12. The predicted octanol–water partition coefficient (Wildman–Crippen LogP) is 1.68. The highest BCUT2D eigenvalue weighted by molar-refractivity contribution is 7.92. The SMILES string of the molecule is CNCc1cc(S(=O)(=O)Nc2ccccc2COC)c[nH]1. The van der Waals surface area contributed by atoms with Crippen molar-refractivity contribution < 1.29 is 13.2 Å². The van der Waals surface area contributed by atoms with Gasteiger partial charge in [-0.2, -0.15) is 0 Å². The number of methoxy groups -OCH3 is 1. The average molecular weight is 309 g/mol. The first kappa shape index (κ1) is 15.6. The minimum absolute atomic E-state index is 0.208. The van der Waals surface area contributed by atoms with Crippen molar-refractivity contribution in [1.29, 1.82) is 0 Å². The monoisotopic (exact) mass is 309 g/mol. The highest BCUT2D eigenvalue weighted by Gasteiger charge is 2.17. The molecule has 1 aromatic carbocycles. The number of aromatic amines is 1. The van der Waals surface area contributed by atoms with Crippen LogP contribution in [-0.4, -0.2) is 27.6 Å². The van der Waals surface area contributed by atoms with Crippen LogP contribution in [-0.2, 0) is 27.9 Å². The standard InChI is InChI=1S/C14H19N3O3S/c1-15-8-12-7-13(9-16-12)21(18,19)17-14-6-4-3-5-11(14)10-20-2/h3-7,9,15-17H,8,10H2,1-2H3. The second-order valence-corrected chi connectivity index (χ2v) is 6.27.